The molecule has 0 rings (SSSR count). The maximum absolute atomic E-state index is 12.9. The van der Waals surface area contributed by atoms with Gasteiger partial charge in [-0.1, -0.05) is 284 Å². The summed E-state index contributed by atoms with van der Waals surface area (Å²) in [4.78, 5) is 38.3. The van der Waals surface area contributed by atoms with Crippen LogP contribution in [0.3, 0.4) is 0 Å². The van der Waals surface area contributed by atoms with Gasteiger partial charge in [-0.05, 0) is 116 Å². The van der Waals surface area contributed by atoms with E-state index >= 15 is 0 Å². The second kappa shape index (κ2) is 65.3. The van der Waals surface area contributed by atoms with Crippen LogP contribution in [0, 0.1) is 0 Å². The monoisotopic (exact) mass is 1080 g/mol. The number of carbonyl (C=O) groups is 3. The molecule has 0 aromatic heterocycles. The zero-order valence-corrected chi connectivity index (χ0v) is 50.9. The van der Waals surface area contributed by atoms with Gasteiger partial charge in [-0.15, -0.1) is 0 Å². The standard InChI is InChI=1S/C72H120O6/c1-4-7-10-13-16-19-22-25-28-30-31-32-33-34-35-36-37-38-39-40-41-42-45-47-50-53-56-59-62-65-71(74)77-68-69(67-76-70(73)64-61-58-55-52-49-46-43-27-24-21-18-15-12-9-6-3)78-72(75)66-63-60-57-54-51-48-44-29-26-23-20-17-14-11-8-5-2/h7,10,16,18-19,21,25,27-28,31-32,34-35,37-38,40-41,43,45,47,69H,4-6,8-9,11-15,17,20,22-24,26,29-30,33,36,39,42,44,46,48-68H2,1-3H3/b10-7-,19-16-,21-18-,28-25-,32-31-,35-34-,38-37-,41-40-,43-27-,47-45-. The second-order valence-electron chi connectivity index (χ2n) is 21.3. The van der Waals surface area contributed by atoms with Crippen molar-refractivity contribution < 1.29 is 28.6 Å². The molecule has 0 saturated heterocycles. The minimum atomic E-state index is -0.797. The van der Waals surface area contributed by atoms with Crippen LogP contribution >= 0.6 is 0 Å². The molecule has 0 heterocycles. The Balaban J connectivity index is 4.40. The van der Waals surface area contributed by atoms with E-state index in [0.29, 0.717) is 19.3 Å². The summed E-state index contributed by atoms with van der Waals surface area (Å²) < 4.78 is 16.9. The second-order valence-corrected chi connectivity index (χ2v) is 21.3. The maximum Gasteiger partial charge on any atom is 0.306 e. The van der Waals surface area contributed by atoms with Crippen LogP contribution in [0.1, 0.15) is 297 Å². The number of unbranched alkanes of at least 4 members (excludes halogenated alkanes) is 27. The van der Waals surface area contributed by atoms with Crippen molar-refractivity contribution in [3.05, 3.63) is 122 Å². The summed E-state index contributed by atoms with van der Waals surface area (Å²) >= 11 is 0. The van der Waals surface area contributed by atoms with Gasteiger partial charge in [0.05, 0.1) is 0 Å². The molecule has 444 valence electrons. The summed E-state index contributed by atoms with van der Waals surface area (Å²) in [7, 11) is 0. The summed E-state index contributed by atoms with van der Waals surface area (Å²) in [5.41, 5.74) is 0. The third-order valence-electron chi connectivity index (χ3n) is 13.7. The Morgan fingerprint density at radius 1 is 0.269 bits per heavy atom. The third kappa shape index (κ3) is 62.7. The third-order valence-corrected chi connectivity index (χ3v) is 13.7. The summed E-state index contributed by atoms with van der Waals surface area (Å²) in [6.07, 6.45) is 90.6. The zero-order valence-electron chi connectivity index (χ0n) is 50.9. The van der Waals surface area contributed by atoms with Crippen molar-refractivity contribution >= 4 is 17.9 Å². The Hall–Kier alpha value is -4.19. The molecule has 6 heteroatoms. The van der Waals surface area contributed by atoms with Gasteiger partial charge in [0.25, 0.3) is 0 Å². The molecule has 0 aliphatic rings. The van der Waals surface area contributed by atoms with Crippen LogP contribution in [0.15, 0.2) is 122 Å². The van der Waals surface area contributed by atoms with Crippen LogP contribution in [-0.2, 0) is 28.6 Å². The van der Waals surface area contributed by atoms with E-state index in [0.717, 1.165) is 148 Å². The lowest BCUT2D eigenvalue weighted by Gasteiger charge is -2.18. The topological polar surface area (TPSA) is 78.9 Å². The van der Waals surface area contributed by atoms with E-state index in [1.807, 2.05) is 0 Å². The molecular weight excluding hydrogens is 961 g/mol. The summed E-state index contributed by atoms with van der Waals surface area (Å²) in [5, 5.41) is 0. The molecule has 0 fully saturated rings. The molecule has 0 aliphatic heterocycles. The zero-order chi connectivity index (χ0) is 56.4. The van der Waals surface area contributed by atoms with Crippen molar-refractivity contribution in [1.29, 1.82) is 0 Å². The van der Waals surface area contributed by atoms with Crippen molar-refractivity contribution in [2.75, 3.05) is 13.2 Å². The summed E-state index contributed by atoms with van der Waals surface area (Å²) in [5.74, 6) is -0.924. The van der Waals surface area contributed by atoms with Crippen molar-refractivity contribution in [2.24, 2.45) is 0 Å². The van der Waals surface area contributed by atoms with Crippen LogP contribution in [0.4, 0.5) is 0 Å². The average Bonchev–Trinajstić information content (AvgIpc) is 3.44. The molecule has 1 unspecified atom stereocenters. The van der Waals surface area contributed by atoms with Crippen LogP contribution in [0.25, 0.3) is 0 Å². The lowest BCUT2D eigenvalue weighted by Crippen LogP contribution is -2.30. The van der Waals surface area contributed by atoms with E-state index in [9.17, 15) is 14.4 Å². The molecule has 0 bridgehead atoms. The molecule has 0 aromatic rings. The Morgan fingerprint density at radius 2 is 0.500 bits per heavy atom. The van der Waals surface area contributed by atoms with E-state index < -0.39 is 6.10 Å². The fraction of sp³-hybridized carbons (Fsp3) is 0.681. The molecule has 78 heavy (non-hydrogen) atoms. The van der Waals surface area contributed by atoms with Crippen molar-refractivity contribution in [1.82, 2.24) is 0 Å². The Morgan fingerprint density at radius 3 is 0.808 bits per heavy atom. The predicted octanol–water partition coefficient (Wildman–Crippen LogP) is 22.4. The highest BCUT2D eigenvalue weighted by atomic mass is 16.6. The molecule has 0 radical (unpaired) electrons. The smallest absolute Gasteiger partial charge is 0.306 e. The van der Waals surface area contributed by atoms with Crippen molar-refractivity contribution in [2.45, 2.75) is 303 Å². The van der Waals surface area contributed by atoms with E-state index in [1.54, 1.807) is 0 Å². The van der Waals surface area contributed by atoms with Crippen LogP contribution < -0.4 is 0 Å². The largest absolute Gasteiger partial charge is 0.462 e. The molecule has 0 saturated carbocycles. The highest BCUT2D eigenvalue weighted by Gasteiger charge is 2.19. The van der Waals surface area contributed by atoms with Crippen LogP contribution in [0.5, 0.6) is 0 Å². The number of rotatable bonds is 58. The lowest BCUT2D eigenvalue weighted by atomic mass is 10.0. The highest BCUT2D eigenvalue weighted by molar-refractivity contribution is 5.71. The minimum absolute atomic E-state index is 0.0934. The Kier molecular flexibility index (Phi) is 61.8. The van der Waals surface area contributed by atoms with Gasteiger partial charge in [0, 0.05) is 19.3 Å². The molecule has 0 aromatic carbocycles. The van der Waals surface area contributed by atoms with E-state index in [4.69, 9.17) is 14.2 Å². The first-order chi connectivity index (χ1) is 38.5. The number of allylic oxidation sites excluding steroid dienone is 20. The van der Waals surface area contributed by atoms with Gasteiger partial charge in [-0.25, -0.2) is 0 Å². The highest BCUT2D eigenvalue weighted by Crippen LogP contribution is 2.16. The number of hydrogen-bond donors (Lipinski definition) is 0. The van der Waals surface area contributed by atoms with Crippen molar-refractivity contribution in [3.8, 4) is 0 Å². The quantitative estimate of drug-likeness (QED) is 0.0261. The van der Waals surface area contributed by atoms with Gasteiger partial charge in [0.2, 0.25) is 0 Å². The van der Waals surface area contributed by atoms with Gasteiger partial charge in [0.1, 0.15) is 13.2 Å². The Labute approximate surface area is 482 Å². The number of esters is 3. The fourth-order valence-corrected chi connectivity index (χ4v) is 8.84. The van der Waals surface area contributed by atoms with Gasteiger partial charge < -0.3 is 14.2 Å². The van der Waals surface area contributed by atoms with Crippen LogP contribution in [-0.4, -0.2) is 37.2 Å². The number of hydrogen-bond acceptors (Lipinski definition) is 6. The first-order valence-electron chi connectivity index (χ1n) is 32.5. The minimum Gasteiger partial charge on any atom is -0.462 e. The lowest BCUT2D eigenvalue weighted by molar-refractivity contribution is -0.167. The molecule has 0 spiro atoms. The summed E-state index contributed by atoms with van der Waals surface area (Å²) in [6, 6.07) is 0. The van der Waals surface area contributed by atoms with Gasteiger partial charge in [0.15, 0.2) is 6.10 Å². The van der Waals surface area contributed by atoms with Gasteiger partial charge >= 0.3 is 17.9 Å². The molecule has 0 N–H and O–H groups in total. The first kappa shape index (κ1) is 73.8. The molecule has 0 aliphatic carbocycles. The number of carbonyl (C=O) groups excluding carboxylic acids is 3. The summed E-state index contributed by atoms with van der Waals surface area (Å²) in [6.45, 7) is 6.49. The van der Waals surface area contributed by atoms with Gasteiger partial charge in [-0.2, -0.15) is 0 Å². The van der Waals surface area contributed by atoms with Crippen LogP contribution in [0.2, 0.25) is 0 Å². The van der Waals surface area contributed by atoms with Crippen molar-refractivity contribution in [3.63, 3.8) is 0 Å². The molecular formula is C72H120O6. The van der Waals surface area contributed by atoms with E-state index in [1.165, 1.54) is 109 Å². The first-order valence-corrected chi connectivity index (χ1v) is 32.5. The molecule has 1 atom stereocenters. The SMILES string of the molecule is CC/C=C\C/C=C\C/C=C\C/C=C\C/C=C\C/C=C\C/C=C\C/C=C\CCCCCCC(=O)OCC(COC(=O)CCCCCCC/C=C\C/C=C\CCCCC)OC(=O)CCCCCCCCCCCCCCCCCC. The Bertz CT molecular complexity index is 1620. The molecule has 0 amide bonds. The fourth-order valence-electron chi connectivity index (χ4n) is 8.84. The normalized spacial score (nSPS) is 12.9. The average molecular weight is 1080 g/mol. The van der Waals surface area contributed by atoms with Gasteiger partial charge in [-0.3, -0.25) is 14.4 Å². The maximum atomic E-state index is 12.9. The number of ether oxygens (including phenoxy) is 3. The predicted molar refractivity (Wildman–Crippen MR) is 339 cm³/mol. The molecule has 6 nitrogen and oxygen atoms in total. The van der Waals surface area contributed by atoms with E-state index in [2.05, 4.69) is 142 Å². The van der Waals surface area contributed by atoms with E-state index in [-0.39, 0.29) is 31.1 Å².